The second-order valence-corrected chi connectivity index (χ2v) is 5.53. The van der Waals surface area contributed by atoms with Gasteiger partial charge in [0.1, 0.15) is 0 Å². The molecule has 1 fully saturated rings. The highest BCUT2D eigenvalue weighted by Gasteiger charge is 2.26. The van der Waals surface area contributed by atoms with Crippen LogP contribution in [0.5, 0.6) is 0 Å². The van der Waals surface area contributed by atoms with Crippen molar-refractivity contribution < 1.29 is 0 Å². The Morgan fingerprint density at radius 1 is 1.14 bits per heavy atom. The third-order valence-corrected chi connectivity index (χ3v) is 3.94. The first-order valence-electron chi connectivity index (χ1n) is 7.33. The number of piperazine rings is 1. The van der Waals surface area contributed by atoms with E-state index in [4.69, 9.17) is 5.73 Å². The van der Waals surface area contributed by atoms with Gasteiger partial charge in [-0.25, -0.2) is 9.97 Å². The van der Waals surface area contributed by atoms with E-state index in [1.54, 1.807) is 12.4 Å². The van der Waals surface area contributed by atoms with Crippen molar-refractivity contribution in [2.24, 2.45) is 0 Å². The summed E-state index contributed by atoms with van der Waals surface area (Å²) < 4.78 is 0. The standard InChI is InChI=1S/C16H21N5/c1-13-11-20(12-14-5-3-2-4-6-14)9-10-21(13)16-15(17)18-7-8-19-16/h2-8,13H,9-12H2,1H3,(H2,17,18). The molecule has 2 heterocycles. The molecular weight excluding hydrogens is 262 g/mol. The van der Waals surface area contributed by atoms with Crippen molar-refractivity contribution in [1.29, 1.82) is 0 Å². The molecule has 0 aliphatic carbocycles. The molecule has 1 unspecified atom stereocenters. The van der Waals surface area contributed by atoms with Gasteiger partial charge in [0.2, 0.25) is 0 Å². The van der Waals surface area contributed by atoms with Crippen LogP contribution in [-0.4, -0.2) is 40.5 Å². The summed E-state index contributed by atoms with van der Waals surface area (Å²) in [4.78, 5) is 13.2. The molecule has 1 aromatic carbocycles. The summed E-state index contributed by atoms with van der Waals surface area (Å²) in [6.07, 6.45) is 3.34. The summed E-state index contributed by atoms with van der Waals surface area (Å²) in [5, 5.41) is 0. The molecule has 1 aliphatic rings. The number of hydrogen-bond acceptors (Lipinski definition) is 5. The van der Waals surface area contributed by atoms with Crippen LogP contribution in [0, 0.1) is 0 Å². The van der Waals surface area contributed by atoms with Crippen LogP contribution < -0.4 is 10.6 Å². The summed E-state index contributed by atoms with van der Waals surface area (Å²) in [7, 11) is 0. The van der Waals surface area contributed by atoms with E-state index >= 15 is 0 Å². The Hall–Kier alpha value is -2.14. The molecule has 2 N–H and O–H groups in total. The van der Waals surface area contributed by atoms with Crippen molar-refractivity contribution in [1.82, 2.24) is 14.9 Å². The molecule has 0 spiro atoms. The number of rotatable bonds is 3. The third-order valence-electron chi connectivity index (χ3n) is 3.94. The molecule has 3 rings (SSSR count). The lowest BCUT2D eigenvalue weighted by Crippen LogP contribution is -2.52. The van der Waals surface area contributed by atoms with E-state index in [-0.39, 0.29) is 0 Å². The Kier molecular flexibility index (Phi) is 4.01. The highest BCUT2D eigenvalue weighted by Crippen LogP contribution is 2.22. The zero-order valence-corrected chi connectivity index (χ0v) is 12.3. The second-order valence-electron chi connectivity index (χ2n) is 5.53. The maximum absolute atomic E-state index is 5.94. The molecule has 110 valence electrons. The van der Waals surface area contributed by atoms with E-state index in [0.717, 1.165) is 32.0 Å². The van der Waals surface area contributed by atoms with Crippen LogP contribution in [0.15, 0.2) is 42.7 Å². The van der Waals surface area contributed by atoms with Crippen LogP contribution in [0.4, 0.5) is 11.6 Å². The van der Waals surface area contributed by atoms with Gasteiger partial charge in [-0.2, -0.15) is 0 Å². The maximum Gasteiger partial charge on any atom is 0.171 e. The molecule has 5 nitrogen and oxygen atoms in total. The van der Waals surface area contributed by atoms with E-state index < -0.39 is 0 Å². The largest absolute Gasteiger partial charge is 0.381 e. The zero-order chi connectivity index (χ0) is 14.7. The number of nitrogen functional groups attached to an aromatic ring is 1. The molecule has 0 saturated carbocycles. The van der Waals surface area contributed by atoms with Gasteiger partial charge in [-0.3, -0.25) is 4.90 Å². The van der Waals surface area contributed by atoms with E-state index in [0.29, 0.717) is 11.9 Å². The lowest BCUT2D eigenvalue weighted by atomic mass is 10.1. The summed E-state index contributed by atoms with van der Waals surface area (Å²) in [6.45, 7) is 6.15. The van der Waals surface area contributed by atoms with Gasteiger partial charge in [0.25, 0.3) is 0 Å². The number of anilines is 2. The fraction of sp³-hybridized carbons (Fsp3) is 0.375. The molecule has 1 saturated heterocycles. The van der Waals surface area contributed by atoms with Crippen LogP contribution in [0.2, 0.25) is 0 Å². The van der Waals surface area contributed by atoms with E-state index in [1.165, 1.54) is 5.56 Å². The monoisotopic (exact) mass is 283 g/mol. The van der Waals surface area contributed by atoms with Gasteiger partial charge in [0.15, 0.2) is 11.6 Å². The molecule has 1 aromatic heterocycles. The Labute approximate surface area is 125 Å². The first-order valence-corrected chi connectivity index (χ1v) is 7.33. The molecule has 5 heteroatoms. The predicted molar refractivity (Wildman–Crippen MR) is 85.0 cm³/mol. The maximum atomic E-state index is 5.94. The third kappa shape index (κ3) is 3.13. The average Bonchev–Trinajstić information content (AvgIpc) is 2.50. The minimum Gasteiger partial charge on any atom is -0.381 e. The minimum absolute atomic E-state index is 0.376. The van der Waals surface area contributed by atoms with Gasteiger partial charge in [-0.1, -0.05) is 30.3 Å². The van der Waals surface area contributed by atoms with Crippen LogP contribution in [0.25, 0.3) is 0 Å². The van der Waals surface area contributed by atoms with Crippen LogP contribution in [-0.2, 0) is 6.54 Å². The lowest BCUT2D eigenvalue weighted by Gasteiger charge is -2.40. The molecule has 1 atom stereocenters. The quantitative estimate of drug-likeness (QED) is 0.930. The average molecular weight is 283 g/mol. The molecule has 0 radical (unpaired) electrons. The van der Waals surface area contributed by atoms with Gasteiger partial charge in [0, 0.05) is 44.6 Å². The Morgan fingerprint density at radius 3 is 2.62 bits per heavy atom. The van der Waals surface area contributed by atoms with Gasteiger partial charge in [-0.15, -0.1) is 0 Å². The van der Waals surface area contributed by atoms with Gasteiger partial charge in [-0.05, 0) is 12.5 Å². The van der Waals surface area contributed by atoms with E-state index in [2.05, 4.69) is 57.0 Å². The Bertz CT molecular complexity index is 586. The van der Waals surface area contributed by atoms with Gasteiger partial charge < -0.3 is 10.6 Å². The van der Waals surface area contributed by atoms with Gasteiger partial charge in [0.05, 0.1) is 0 Å². The molecule has 0 amide bonds. The van der Waals surface area contributed by atoms with Crippen molar-refractivity contribution >= 4 is 11.6 Å². The lowest BCUT2D eigenvalue weighted by molar-refractivity contribution is 0.220. The van der Waals surface area contributed by atoms with Crippen molar-refractivity contribution in [3.05, 3.63) is 48.3 Å². The predicted octanol–water partition coefficient (Wildman–Crippen LogP) is 1.77. The Morgan fingerprint density at radius 2 is 1.90 bits per heavy atom. The first kappa shape index (κ1) is 13.8. The van der Waals surface area contributed by atoms with Crippen LogP contribution in [0.1, 0.15) is 12.5 Å². The molecule has 0 bridgehead atoms. The SMILES string of the molecule is CC1CN(Cc2ccccc2)CCN1c1nccnc1N. The summed E-state index contributed by atoms with van der Waals surface area (Å²) in [6, 6.07) is 11.0. The summed E-state index contributed by atoms with van der Waals surface area (Å²) in [5.41, 5.74) is 7.30. The van der Waals surface area contributed by atoms with Crippen molar-refractivity contribution in [2.45, 2.75) is 19.5 Å². The number of aromatic nitrogens is 2. The fourth-order valence-corrected chi connectivity index (χ4v) is 2.90. The van der Waals surface area contributed by atoms with Crippen LogP contribution >= 0.6 is 0 Å². The normalized spacial score (nSPS) is 19.7. The molecule has 21 heavy (non-hydrogen) atoms. The number of nitrogens with zero attached hydrogens (tertiary/aromatic N) is 4. The highest BCUT2D eigenvalue weighted by molar-refractivity contribution is 5.58. The number of hydrogen-bond donors (Lipinski definition) is 1. The smallest absolute Gasteiger partial charge is 0.171 e. The number of benzene rings is 1. The summed E-state index contributed by atoms with van der Waals surface area (Å²) >= 11 is 0. The molecule has 2 aromatic rings. The highest BCUT2D eigenvalue weighted by atomic mass is 15.3. The zero-order valence-electron chi connectivity index (χ0n) is 12.3. The van der Waals surface area contributed by atoms with Crippen molar-refractivity contribution in [2.75, 3.05) is 30.3 Å². The summed E-state index contributed by atoms with van der Waals surface area (Å²) in [5.74, 6) is 1.32. The number of nitrogens with two attached hydrogens (primary N) is 1. The topological polar surface area (TPSA) is 58.3 Å². The van der Waals surface area contributed by atoms with E-state index in [1.807, 2.05) is 0 Å². The van der Waals surface area contributed by atoms with Crippen molar-refractivity contribution in [3.8, 4) is 0 Å². The second kappa shape index (κ2) is 6.10. The van der Waals surface area contributed by atoms with Crippen LogP contribution in [0.3, 0.4) is 0 Å². The van der Waals surface area contributed by atoms with Crippen molar-refractivity contribution in [3.63, 3.8) is 0 Å². The Balaban J connectivity index is 1.66. The fourth-order valence-electron chi connectivity index (χ4n) is 2.90. The van der Waals surface area contributed by atoms with Gasteiger partial charge >= 0.3 is 0 Å². The van der Waals surface area contributed by atoms with E-state index in [9.17, 15) is 0 Å². The first-order chi connectivity index (χ1) is 10.2. The molecule has 1 aliphatic heterocycles. The molecular formula is C16H21N5. The minimum atomic E-state index is 0.376.